The van der Waals surface area contributed by atoms with Crippen molar-refractivity contribution in [3.8, 4) is 6.01 Å². The molecule has 1 aliphatic carbocycles. The third kappa shape index (κ3) is 3.66. The van der Waals surface area contributed by atoms with E-state index in [0.717, 1.165) is 17.7 Å². The van der Waals surface area contributed by atoms with E-state index in [0.29, 0.717) is 17.8 Å². The molecular weight excluding hydrogens is 306 g/mol. The number of fused-ring (bicyclic) bond motifs is 1. The summed E-state index contributed by atoms with van der Waals surface area (Å²) < 4.78 is 5.43. The summed E-state index contributed by atoms with van der Waals surface area (Å²) in [7, 11) is 0. The van der Waals surface area contributed by atoms with E-state index in [1.165, 1.54) is 35.7 Å². The number of aryl methyl sites for hydroxylation is 2. The largest absolute Gasteiger partial charge is 0.463 e. The zero-order valence-corrected chi connectivity index (χ0v) is 13.4. The molecule has 3 rings (SSSR count). The summed E-state index contributed by atoms with van der Waals surface area (Å²) in [4.78, 5) is 13.6. The molecule has 21 heavy (non-hydrogen) atoms. The number of ether oxygens (including phenoxy) is 1. The van der Waals surface area contributed by atoms with Crippen LogP contribution in [0.2, 0.25) is 5.28 Å². The second kappa shape index (κ2) is 6.62. The van der Waals surface area contributed by atoms with Gasteiger partial charge in [-0.25, -0.2) is 0 Å². The fourth-order valence-corrected chi connectivity index (χ4v) is 3.34. The van der Waals surface area contributed by atoms with Crippen LogP contribution in [0.1, 0.15) is 30.9 Å². The summed E-state index contributed by atoms with van der Waals surface area (Å²) >= 11 is 7.42. The lowest BCUT2D eigenvalue weighted by Crippen LogP contribution is -2.02. The van der Waals surface area contributed by atoms with Crippen molar-refractivity contribution in [3.05, 3.63) is 34.6 Å². The first-order valence-corrected chi connectivity index (χ1v) is 8.28. The van der Waals surface area contributed by atoms with Crippen LogP contribution in [0.4, 0.5) is 0 Å². The lowest BCUT2D eigenvalue weighted by atomic mass is 10.1. The highest BCUT2D eigenvalue weighted by Crippen LogP contribution is 2.31. The van der Waals surface area contributed by atoms with Gasteiger partial charge in [0.05, 0.1) is 6.61 Å². The quantitative estimate of drug-likeness (QED) is 0.834. The number of hydrogen-bond acceptors (Lipinski definition) is 5. The summed E-state index contributed by atoms with van der Waals surface area (Å²) in [6, 6.07) is 6.82. The lowest BCUT2D eigenvalue weighted by Gasteiger charge is -2.06. The van der Waals surface area contributed by atoms with Crippen molar-refractivity contribution in [2.75, 3.05) is 6.61 Å². The highest BCUT2D eigenvalue weighted by atomic mass is 35.5. The van der Waals surface area contributed by atoms with E-state index in [-0.39, 0.29) is 5.28 Å². The van der Waals surface area contributed by atoms with Gasteiger partial charge in [0.15, 0.2) is 5.16 Å². The first-order chi connectivity index (χ1) is 10.2. The predicted octanol–water partition coefficient (Wildman–Crippen LogP) is 3.95. The van der Waals surface area contributed by atoms with Crippen LogP contribution in [0.3, 0.4) is 0 Å². The van der Waals surface area contributed by atoms with Gasteiger partial charge in [0, 0.05) is 4.90 Å². The van der Waals surface area contributed by atoms with Crippen molar-refractivity contribution < 1.29 is 4.74 Å². The van der Waals surface area contributed by atoms with E-state index in [2.05, 4.69) is 33.2 Å². The van der Waals surface area contributed by atoms with Gasteiger partial charge in [-0.2, -0.15) is 15.0 Å². The van der Waals surface area contributed by atoms with Gasteiger partial charge in [0.25, 0.3) is 0 Å². The Hall–Kier alpha value is -1.33. The minimum absolute atomic E-state index is 0.166. The lowest BCUT2D eigenvalue weighted by molar-refractivity contribution is 0.288. The molecule has 1 heterocycles. The van der Waals surface area contributed by atoms with Gasteiger partial charge in [-0.1, -0.05) is 13.0 Å². The van der Waals surface area contributed by atoms with Crippen molar-refractivity contribution >= 4 is 23.4 Å². The molecule has 1 aliphatic rings. The molecule has 0 N–H and O–H groups in total. The Morgan fingerprint density at radius 1 is 1.19 bits per heavy atom. The molecule has 0 saturated heterocycles. The van der Waals surface area contributed by atoms with Crippen LogP contribution in [0.25, 0.3) is 0 Å². The van der Waals surface area contributed by atoms with Gasteiger partial charge in [-0.15, -0.1) is 0 Å². The van der Waals surface area contributed by atoms with Crippen LogP contribution in [-0.4, -0.2) is 21.6 Å². The van der Waals surface area contributed by atoms with Crippen molar-refractivity contribution in [3.63, 3.8) is 0 Å². The second-order valence-electron chi connectivity index (χ2n) is 4.90. The Labute approximate surface area is 133 Å². The molecule has 0 bridgehead atoms. The Morgan fingerprint density at radius 3 is 2.90 bits per heavy atom. The van der Waals surface area contributed by atoms with Crippen molar-refractivity contribution in [1.29, 1.82) is 0 Å². The average molecular weight is 322 g/mol. The van der Waals surface area contributed by atoms with Crippen molar-refractivity contribution in [2.24, 2.45) is 0 Å². The van der Waals surface area contributed by atoms with Gasteiger partial charge >= 0.3 is 6.01 Å². The Balaban J connectivity index is 1.79. The summed E-state index contributed by atoms with van der Waals surface area (Å²) in [5.74, 6) is 0. The van der Waals surface area contributed by atoms with Gasteiger partial charge in [-0.3, -0.25) is 0 Å². The third-order valence-corrected chi connectivity index (χ3v) is 4.31. The summed E-state index contributed by atoms with van der Waals surface area (Å²) in [5.41, 5.74) is 2.89. The molecule has 4 nitrogen and oxygen atoms in total. The van der Waals surface area contributed by atoms with Gasteiger partial charge in [-0.05, 0) is 72.3 Å². The van der Waals surface area contributed by atoms with Crippen LogP contribution in [-0.2, 0) is 12.8 Å². The zero-order valence-electron chi connectivity index (χ0n) is 11.8. The minimum Gasteiger partial charge on any atom is -0.463 e. The maximum Gasteiger partial charge on any atom is 0.321 e. The monoisotopic (exact) mass is 321 g/mol. The minimum atomic E-state index is 0.166. The average Bonchev–Trinajstić information content (AvgIpc) is 2.92. The number of rotatable bonds is 5. The summed E-state index contributed by atoms with van der Waals surface area (Å²) in [6.45, 7) is 2.60. The molecule has 1 aromatic heterocycles. The maximum atomic E-state index is 5.93. The van der Waals surface area contributed by atoms with Crippen LogP contribution < -0.4 is 4.74 Å². The molecule has 0 radical (unpaired) electrons. The fraction of sp³-hybridized carbons (Fsp3) is 0.400. The molecule has 2 aromatic rings. The number of benzene rings is 1. The number of aromatic nitrogens is 3. The van der Waals surface area contributed by atoms with Crippen LogP contribution in [0.15, 0.2) is 28.3 Å². The Morgan fingerprint density at radius 2 is 2.05 bits per heavy atom. The van der Waals surface area contributed by atoms with Crippen LogP contribution in [0.5, 0.6) is 6.01 Å². The molecule has 0 saturated carbocycles. The molecule has 6 heteroatoms. The Bertz CT molecular complexity index is 651. The topological polar surface area (TPSA) is 47.9 Å². The van der Waals surface area contributed by atoms with Crippen LogP contribution in [0, 0.1) is 0 Å². The highest BCUT2D eigenvalue weighted by molar-refractivity contribution is 7.99. The van der Waals surface area contributed by atoms with Gasteiger partial charge in [0.2, 0.25) is 5.28 Å². The van der Waals surface area contributed by atoms with E-state index in [1.807, 2.05) is 6.92 Å². The number of halogens is 1. The fourth-order valence-electron chi connectivity index (χ4n) is 2.34. The molecular formula is C15H16ClN3OS. The van der Waals surface area contributed by atoms with E-state index in [1.54, 1.807) is 0 Å². The molecule has 0 unspecified atom stereocenters. The molecule has 0 fully saturated rings. The van der Waals surface area contributed by atoms with E-state index in [4.69, 9.17) is 16.3 Å². The number of hydrogen-bond donors (Lipinski definition) is 0. The molecule has 0 atom stereocenters. The maximum absolute atomic E-state index is 5.93. The number of nitrogens with zero attached hydrogens (tertiary/aromatic N) is 3. The normalized spacial score (nSPS) is 13.2. The molecule has 1 aromatic carbocycles. The summed E-state index contributed by atoms with van der Waals surface area (Å²) in [5, 5.41) is 0.735. The first kappa shape index (κ1) is 14.6. The zero-order chi connectivity index (χ0) is 14.7. The predicted molar refractivity (Wildman–Crippen MR) is 83.2 cm³/mol. The van der Waals surface area contributed by atoms with E-state index < -0.39 is 0 Å². The molecule has 0 spiro atoms. The SMILES string of the molecule is CCCOc1nc(Cl)nc(Sc2ccc3c(c2)CCC3)n1. The highest BCUT2D eigenvalue weighted by Gasteiger charge is 2.13. The molecule has 0 amide bonds. The van der Waals surface area contributed by atoms with Crippen molar-refractivity contribution in [1.82, 2.24) is 15.0 Å². The third-order valence-electron chi connectivity index (χ3n) is 3.28. The van der Waals surface area contributed by atoms with Crippen LogP contribution >= 0.6 is 23.4 Å². The van der Waals surface area contributed by atoms with E-state index in [9.17, 15) is 0 Å². The van der Waals surface area contributed by atoms with Gasteiger partial charge in [0.1, 0.15) is 0 Å². The van der Waals surface area contributed by atoms with Crippen molar-refractivity contribution in [2.45, 2.75) is 42.7 Å². The second-order valence-corrected chi connectivity index (χ2v) is 6.28. The smallest absolute Gasteiger partial charge is 0.321 e. The molecule has 0 aliphatic heterocycles. The Kier molecular flexibility index (Phi) is 4.60. The summed E-state index contributed by atoms with van der Waals surface area (Å²) in [6.07, 6.45) is 4.49. The first-order valence-electron chi connectivity index (χ1n) is 7.08. The van der Waals surface area contributed by atoms with E-state index >= 15 is 0 Å². The van der Waals surface area contributed by atoms with Gasteiger partial charge < -0.3 is 4.74 Å². The standard InChI is InChI=1S/C15H16ClN3OS/c1-2-8-20-14-17-13(16)18-15(19-14)21-12-7-6-10-4-3-5-11(10)9-12/h6-7,9H,2-5,8H2,1H3. The molecule has 110 valence electrons.